The summed E-state index contributed by atoms with van der Waals surface area (Å²) in [5, 5.41) is 2.60. The van der Waals surface area contributed by atoms with Crippen molar-refractivity contribution in [2.75, 3.05) is 11.4 Å². The van der Waals surface area contributed by atoms with Crippen LogP contribution in [0.25, 0.3) is 6.08 Å². The molecule has 9 heteroatoms. The molecule has 3 aromatic rings. The number of anilines is 2. The summed E-state index contributed by atoms with van der Waals surface area (Å²) in [6.07, 6.45) is 4.68. The molecule has 1 aromatic heterocycles. The number of hydrogen-bond acceptors (Lipinski definition) is 6. The highest BCUT2D eigenvalue weighted by Crippen LogP contribution is 2.49. The Kier molecular flexibility index (Phi) is 7.65. The predicted molar refractivity (Wildman–Crippen MR) is 152 cm³/mol. The van der Waals surface area contributed by atoms with E-state index in [1.807, 2.05) is 66.1 Å². The molecule has 2 aliphatic heterocycles. The Hall–Kier alpha value is -2.10. The molecule has 0 atom stereocenters. The van der Waals surface area contributed by atoms with Gasteiger partial charge in [-0.05, 0) is 60.7 Å². The summed E-state index contributed by atoms with van der Waals surface area (Å²) >= 11 is 16.3. The van der Waals surface area contributed by atoms with Gasteiger partial charge in [0.25, 0.3) is 5.91 Å². The second kappa shape index (κ2) is 10.9. The molecule has 0 bridgehead atoms. The minimum absolute atomic E-state index is 0.0274. The van der Waals surface area contributed by atoms with Crippen molar-refractivity contribution in [2.45, 2.75) is 35.5 Å². The molecule has 1 fully saturated rings. The highest BCUT2D eigenvalue weighted by Gasteiger charge is 2.32. The molecule has 0 saturated carbocycles. The van der Waals surface area contributed by atoms with Crippen LogP contribution in [0.3, 0.4) is 0 Å². The van der Waals surface area contributed by atoms with Gasteiger partial charge in [-0.1, -0.05) is 72.0 Å². The number of benzene rings is 2. The topological polar surface area (TPSA) is 40.6 Å². The summed E-state index contributed by atoms with van der Waals surface area (Å²) in [5.74, 6) is 0.0196. The van der Waals surface area contributed by atoms with Crippen LogP contribution in [0, 0.1) is 0 Å². The fourth-order valence-electron chi connectivity index (χ4n) is 4.03. The fourth-order valence-corrected chi connectivity index (χ4v) is 7.26. The van der Waals surface area contributed by atoms with E-state index in [1.54, 1.807) is 32.9 Å². The van der Waals surface area contributed by atoms with Gasteiger partial charge >= 0.3 is 0 Å². The van der Waals surface area contributed by atoms with Gasteiger partial charge in [-0.2, -0.15) is 0 Å². The lowest BCUT2D eigenvalue weighted by molar-refractivity contribution is -0.122. The maximum absolute atomic E-state index is 13.3. The molecule has 0 N–H and O–H groups in total. The molecule has 0 unspecified atom stereocenters. The molecule has 5 rings (SSSR count). The molecular weight excluding hydrogens is 536 g/mol. The van der Waals surface area contributed by atoms with E-state index in [0.717, 1.165) is 45.3 Å². The van der Waals surface area contributed by atoms with Gasteiger partial charge < -0.3 is 0 Å². The van der Waals surface area contributed by atoms with Crippen molar-refractivity contribution in [1.29, 1.82) is 0 Å². The quantitative estimate of drug-likeness (QED) is 0.167. The number of carbonyl (C=O) groups excluding carboxylic acids is 2. The second-order valence-electron chi connectivity index (χ2n) is 8.07. The van der Waals surface area contributed by atoms with Gasteiger partial charge in [0, 0.05) is 32.7 Å². The molecule has 2 aromatic carbocycles. The Morgan fingerprint density at radius 3 is 2.63 bits per heavy atom. The molecule has 2 amide bonds. The van der Waals surface area contributed by atoms with E-state index >= 15 is 0 Å². The zero-order valence-electron chi connectivity index (χ0n) is 18.6. The average Bonchev–Trinajstić information content (AvgIpc) is 3.45. The Balaban J connectivity index is 1.18. The van der Waals surface area contributed by atoms with Crippen LogP contribution in [0.2, 0.25) is 5.02 Å². The van der Waals surface area contributed by atoms with Crippen molar-refractivity contribution >= 4 is 92.3 Å². The second-order valence-corrected chi connectivity index (χ2v) is 12.2. The first-order chi connectivity index (χ1) is 17.0. The van der Waals surface area contributed by atoms with Crippen LogP contribution >= 0.6 is 58.7 Å². The number of carbonyl (C=O) groups is 2. The normalized spacial score (nSPS) is 16.1. The summed E-state index contributed by atoms with van der Waals surface area (Å²) in [6, 6.07) is 17.6. The third-order valence-corrected chi connectivity index (χ3v) is 9.26. The molecule has 0 radical (unpaired) electrons. The summed E-state index contributed by atoms with van der Waals surface area (Å²) in [6.45, 7) is 0.572. The van der Waals surface area contributed by atoms with Gasteiger partial charge in [-0.25, -0.2) is 0 Å². The first-order valence-corrected chi connectivity index (χ1v) is 14.5. The lowest BCUT2D eigenvalue weighted by Gasteiger charge is -2.31. The summed E-state index contributed by atoms with van der Waals surface area (Å²) in [5.41, 5.74) is 1.73. The van der Waals surface area contributed by atoms with Gasteiger partial charge in [0.15, 0.2) is 0 Å². The number of halogens is 1. The molecule has 1 saturated heterocycles. The van der Waals surface area contributed by atoms with Crippen molar-refractivity contribution in [3.8, 4) is 0 Å². The van der Waals surface area contributed by atoms with Crippen LogP contribution in [0.1, 0.15) is 30.6 Å². The lowest BCUT2D eigenvalue weighted by atomic mass is 10.1. The summed E-state index contributed by atoms with van der Waals surface area (Å²) in [7, 11) is 0. The summed E-state index contributed by atoms with van der Waals surface area (Å²) in [4.78, 5) is 33.4. The molecule has 2 aliphatic rings. The molecule has 0 spiro atoms. The van der Waals surface area contributed by atoms with Crippen LogP contribution < -0.4 is 4.90 Å². The number of amides is 2. The van der Waals surface area contributed by atoms with Crippen molar-refractivity contribution in [3.63, 3.8) is 0 Å². The molecule has 3 heterocycles. The number of thioether (sulfide) groups is 1. The van der Waals surface area contributed by atoms with Gasteiger partial charge in [0.2, 0.25) is 5.91 Å². The zero-order valence-corrected chi connectivity index (χ0v) is 22.6. The molecule has 4 nitrogen and oxygen atoms in total. The third kappa shape index (κ3) is 5.37. The molecular formula is C26H21ClN2O2S4. The van der Waals surface area contributed by atoms with Gasteiger partial charge in [-0.3, -0.25) is 19.4 Å². The van der Waals surface area contributed by atoms with E-state index in [-0.39, 0.29) is 11.8 Å². The minimum atomic E-state index is -0.0274. The largest absolute Gasteiger partial charge is 0.293 e. The molecule has 35 heavy (non-hydrogen) atoms. The van der Waals surface area contributed by atoms with E-state index < -0.39 is 0 Å². The SMILES string of the molecule is O=C1/C(=C\c2cccs2)SC(=S)N1CCCCCC(=O)N1c2ccccc2Sc2ccc(Cl)cc21. The monoisotopic (exact) mass is 556 g/mol. The van der Waals surface area contributed by atoms with Crippen molar-refractivity contribution in [1.82, 2.24) is 4.90 Å². The number of para-hydroxylation sites is 1. The maximum atomic E-state index is 13.3. The Bertz CT molecular complexity index is 1320. The lowest BCUT2D eigenvalue weighted by Crippen LogP contribution is -2.29. The van der Waals surface area contributed by atoms with Crippen LogP contribution in [-0.4, -0.2) is 27.6 Å². The van der Waals surface area contributed by atoms with Crippen molar-refractivity contribution in [3.05, 3.63) is 74.8 Å². The third-order valence-electron chi connectivity index (χ3n) is 5.70. The van der Waals surface area contributed by atoms with Crippen LogP contribution in [0.5, 0.6) is 0 Å². The van der Waals surface area contributed by atoms with E-state index in [0.29, 0.717) is 27.2 Å². The number of thiophene rings is 1. The predicted octanol–water partition coefficient (Wildman–Crippen LogP) is 7.99. The number of rotatable bonds is 7. The number of hydrogen-bond donors (Lipinski definition) is 0. The number of unbranched alkanes of at least 4 members (excludes halogenated alkanes) is 2. The van der Waals surface area contributed by atoms with Crippen LogP contribution in [0.4, 0.5) is 11.4 Å². The van der Waals surface area contributed by atoms with Gasteiger partial charge in [-0.15, -0.1) is 11.3 Å². The van der Waals surface area contributed by atoms with E-state index in [4.69, 9.17) is 23.8 Å². The first-order valence-electron chi connectivity index (χ1n) is 11.2. The highest BCUT2D eigenvalue weighted by atomic mass is 35.5. The smallest absolute Gasteiger partial charge is 0.266 e. The van der Waals surface area contributed by atoms with E-state index in [2.05, 4.69) is 0 Å². The number of nitrogens with zero attached hydrogens (tertiary/aromatic N) is 2. The van der Waals surface area contributed by atoms with E-state index in [1.165, 1.54) is 11.8 Å². The van der Waals surface area contributed by atoms with E-state index in [9.17, 15) is 9.59 Å². The number of fused-ring (bicyclic) bond motifs is 2. The fraction of sp³-hybridized carbons (Fsp3) is 0.192. The first kappa shape index (κ1) is 24.6. The average molecular weight is 557 g/mol. The van der Waals surface area contributed by atoms with Gasteiger partial charge in [0.05, 0.1) is 16.3 Å². The standard InChI is InChI=1S/C26H21ClN2O2S4/c27-17-11-12-22-20(15-17)29(19-8-3-4-9-21(19)34-22)24(30)10-2-1-5-13-28-25(31)23(35-26(28)32)16-18-7-6-14-33-18/h3-4,6-9,11-12,14-16H,1-2,5,10,13H2/b23-16+. The van der Waals surface area contributed by atoms with Crippen LogP contribution in [-0.2, 0) is 9.59 Å². The summed E-state index contributed by atoms with van der Waals surface area (Å²) < 4.78 is 0.602. The zero-order chi connectivity index (χ0) is 24.4. The van der Waals surface area contributed by atoms with Crippen LogP contribution in [0.15, 0.2) is 74.7 Å². The van der Waals surface area contributed by atoms with Gasteiger partial charge in [0.1, 0.15) is 4.32 Å². The van der Waals surface area contributed by atoms with Crippen molar-refractivity contribution in [2.24, 2.45) is 0 Å². The Morgan fingerprint density at radius 2 is 1.80 bits per heavy atom. The number of thiocarbonyl (C=S) groups is 1. The Morgan fingerprint density at radius 1 is 0.971 bits per heavy atom. The maximum Gasteiger partial charge on any atom is 0.266 e. The minimum Gasteiger partial charge on any atom is -0.293 e. The van der Waals surface area contributed by atoms with Crippen molar-refractivity contribution < 1.29 is 9.59 Å². The molecule has 0 aliphatic carbocycles. The Labute approximate surface area is 227 Å². The highest BCUT2D eigenvalue weighted by molar-refractivity contribution is 8.26. The molecule has 178 valence electrons.